The number of aromatic nitrogens is 1. The van der Waals surface area contributed by atoms with E-state index in [-0.39, 0.29) is 5.56 Å². The summed E-state index contributed by atoms with van der Waals surface area (Å²) in [6, 6.07) is -0.557. The van der Waals surface area contributed by atoms with Crippen molar-refractivity contribution in [2.45, 2.75) is 26.1 Å². The van der Waals surface area contributed by atoms with E-state index in [9.17, 15) is 22.8 Å². The first-order valence-electron chi connectivity index (χ1n) is 5.69. The number of carboxylic acid groups (broad SMARTS) is 1. The number of nitrogens with one attached hydrogen (secondary N) is 1. The van der Waals surface area contributed by atoms with Crippen LogP contribution in [0.3, 0.4) is 0 Å². The van der Waals surface area contributed by atoms with Gasteiger partial charge in [0.15, 0.2) is 0 Å². The third-order valence-corrected chi connectivity index (χ3v) is 2.55. The summed E-state index contributed by atoms with van der Waals surface area (Å²) in [6.45, 7) is 3.15. The van der Waals surface area contributed by atoms with Gasteiger partial charge < -0.3 is 10.4 Å². The van der Waals surface area contributed by atoms with E-state index < -0.39 is 35.6 Å². The smallest absolute Gasteiger partial charge is 0.417 e. The van der Waals surface area contributed by atoms with Crippen molar-refractivity contribution in [2.24, 2.45) is 5.92 Å². The molecule has 1 aromatic heterocycles. The summed E-state index contributed by atoms with van der Waals surface area (Å²) in [5.74, 6) is -2.58. The highest BCUT2D eigenvalue weighted by molar-refractivity contribution is 5.96. The molecule has 8 heteroatoms. The first-order valence-corrected chi connectivity index (χ1v) is 5.69. The molecule has 0 saturated heterocycles. The zero-order valence-corrected chi connectivity index (χ0v) is 10.7. The lowest BCUT2D eigenvalue weighted by Crippen LogP contribution is -2.44. The van der Waals surface area contributed by atoms with Crippen molar-refractivity contribution in [3.05, 3.63) is 29.6 Å². The summed E-state index contributed by atoms with van der Waals surface area (Å²) < 4.78 is 37.5. The lowest BCUT2D eigenvalue weighted by molar-refractivity contribution is -0.140. The minimum atomic E-state index is -4.62. The van der Waals surface area contributed by atoms with Crippen LogP contribution >= 0.6 is 0 Å². The number of nitrogens with zero attached hydrogens (tertiary/aromatic N) is 1. The fourth-order valence-corrected chi connectivity index (χ4v) is 1.46. The average molecular weight is 290 g/mol. The van der Waals surface area contributed by atoms with Gasteiger partial charge in [-0.1, -0.05) is 13.8 Å². The molecule has 1 aromatic rings. The predicted molar refractivity (Wildman–Crippen MR) is 63.0 cm³/mol. The van der Waals surface area contributed by atoms with Gasteiger partial charge in [0.25, 0.3) is 5.91 Å². The van der Waals surface area contributed by atoms with Gasteiger partial charge in [0, 0.05) is 12.4 Å². The molecule has 0 bridgehead atoms. The molecular weight excluding hydrogens is 277 g/mol. The van der Waals surface area contributed by atoms with E-state index in [0.29, 0.717) is 12.3 Å². The number of rotatable bonds is 4. The van der Waals surface area contributed by atoms with Crippen LogP contribution in [0.2, 0.25) is 0 Å². The monoisotopic (exact) mass is 290 g/mol. The molecule has 0 aliphatic heterocycles. The van der Waals surface area contributed by atoms with Crippen LogP contribution in [0.15, 0.2) is 18.5 Å². The molecule has 0 spiro atoms. The van der Waals surface area contributed by atoms with Crippen molar-refractivity contribution in [3.63, 3.8) is 0 Å². The van der Waals surface area contributed by atoms with Crippen LogP contribution in [-0.2, 0) is 11.0 Å². The normalized spacial score (nSPS) is 13.1. The molecule has 1 amide bonds. The van der Waals surface area contributed by atoms with Crippen LogP contribution in [0, 0.1) is 5.92 Å². The van der Waals surface area contributed by atoms with Crippen molar-refractivity contribution >= 4 is 11.9 Å². The highest BCUT2D eigenvalue weighted by atomic mass is 19.4. The Morgan fingerprint density at radius 1 is 1.30 bits per heavy atom. The van der Waals surface area contributed by atoms with Crippen LogP contribution in [-0.4, -0.2) is 28.0 Å². The second-order valence-corrected chi connectivity index (χ2v) is 4.49. The van der Waals surface area contributed by atoms with Gasteiger partial charge >= 0.3 is 12.1 Å². The number of halogens is 3. The van der Waals surface area contributed by atoms with E-state index in [2.05, 4.69) is 10.3 Å². The van der Waals surface area contributed by atoms with E-state index in [1.54, 1.807) is 13.8 Å². The number of carbonyl (C=O) groups excluding carboxylic acids is 1. The lowest BCUT2D eigenvalue weighted by atomic mass is 10.0. The first-order chi connectivity index (χ1) is 9.12. The first kappa shape index (κ1) is 15.9. The van der Waals surface area contributed by atoms with Gasteiger partial charge in [-0.05, 0) is 12.0 Å². The van der Waals surface area contributed by atoms with Gasteiger partial charge in [0.1, 0.15) is 6.04 Å². The molecule has 0 radical (unpaired) electrons. The summed E-state index contributed by atoms with van der Waals surface area (Å²) in [5.41, 5.74) is -1.41. The van der Waals surface area contributed by atoms with Crippen molar-refractivity contribution in [2.75, 3.05) is 0 Å². The molecule has 20 heavy (non-hydrogen) atoms. The average Bonchev–Trinajstić information content (AvgIpc) is 2.34. The Balaban J connectivity index is 2.96. The Kier molecular flexibility index (Phi) is 4.69. The summed E-state index contributed by atoms with van der Waals surface area (Å²) in [5, 5.41) is 11.1. The Bertz CT molecular complexity index is 515. The number of hydrogen-bond acceptors (Lipinski definition) is 3. The maximum atomic E-state index is 12.5. The standard InChI is InChI=1S/C12H13F3N2O3/c1-6(2)9(11(19)20)17-10(18)7-3-8(5-16-4-7)12(13,14)15/h3-6,9H,1-2H3,(H,17,18)(H,19,20)/t9-/m0/s1. The largest absolute Gasteiger partial charge is 0.480 e. The molecule has 110 valence electrons. The number of aliphatic carboxylic acids is 1. The van der Waals surface area contributed by atoms with Crippen LogP contribution in [0.5, 0.6) is 0 Å². The van der Waals surface area contributed by atoms with E-state index >= 15 is 0 Å². The molecule has 0 aliphatic carbocycles. The molecule has 5 nitrogen and oxygen atoms in total. The van der Waals surface area contributed by atoms with Gasteiger partial charge in [-0.25, -0.2) is 4.79 Å². The molecular formula is C12H13F3N2O3. The van der Waals surface area contributed by atoms with E-state index in [0.717, 1.165) is 6.20 Å². The third-order valence-electron chi connectivity index (χ3n) is 2.55. The fourth-order valence-electron chi connectivity index (χ4n) is 1.46. The number of amides is 1. The SMILES string of the molecule is CC(C)[C@H](NC(=O)c1cncc(C(F)(F)F)c1)C(=O)O. The Morgan fingerprint density at radius 3 is 2.35 bits per heavy atom. The second-order valence-electron chi connectivity index (χ2n) is 4.49. The van der Waals surface area contributed by atoms with Gasteiger partial charge in [-0.2, -0.15) is 13.2 Å². The van der Waals surface area contributed by atoms with Crippen molar-refractivity contribution in [1.29, 1.82) is 0 Å². The topological polar surface area (TPSA) is 79.3 Å². The van der Waals surface area contributed by atoms with Crippen LogP contribution in [0.1, 0.15) is 29.8 Å². The minimum absolute atomic E-state index is 0.341. The van der Waals surface area contributed by atoms with Crippen LogP contribution in [0.25, 0.3) is 0 Å². The van der Waals surface area contributed by atoms with Gasteiger partial charge in [0.05, 0.1) is 11.1 Å². The number of carbonyl (C=O) groups is 2. The maximum absolute atomic E-state index is 12.5. The summed E-state index contributed by atoms with van der Waals surface area (Å²) in [7, 11) is 0. The minimum Gasteiger partial charge on any atom is -0.480 e. The fraction of sp³-hybridized carbons (Fsp3) is 0.417. The summed E-state index contributed by atoms with van der Waals surface area (Å²) in [4.78, 5) is 26.0. The molecule has 0 fully saturated rings. The molecule has 0 saturated carbocycles. The van der Waals surface area contributed by atoms with Crippen LogP contribution in [0.4, 0.5) is 13.2 Å². The van der Waals surface area contributed by atoms with Gasteiger partial charge in [0.2, 0.25) is 0 Å². The third kappa shape index (κ3) is 3.94. The molecule has 0 unspecified atom stereocenters. The predicted octanol–water partition coefficient (Wildman–Crippen LogP) is 1.94. The number of hydrogen-bond donors (Lipinski definition) is 2. The zero-order valence-electron chi connectivity index (χ0n) is 10.7. The quantitative estimate of drug-likeness (QED) is 0.888. The number of alkyl halides is 3. The van der Waals surface area contributed by atoms with Crippen molar-refractivity contribution in [1.82, 2.24) is 10.3 Å². The lowest BCUT2D eigenvalue weighted by Gasteiger charge is -2.18. The second kappa shape index (κ2) is 5.89. The van der Waals surface area contributed by atoms with E-state index in [1.807, 2.05) is 0 Å². The Morgan fingerprint density at radius 2 is 1.90 bits per heavy atom. The number of pyridine rings is 1. The molecule has 2 N–H and O–H groups in total. The maximum Gasteiger partial charge on any atom is 0.417 e. The van der Waals surface area contributed by atoms with E-state index in [4.69, 9.17) is 5.11 Å². The highest BCUT2D eigenvalue weighted by Gasteiger charge is 2.32. The van der Waals surface area contributed by atoms with Crippen LogP contribution < -0.4 is 5.32 Å². The van der Waals surface area contributed by atoms with Gasteiger partial charge in [-0.15, -0.1) is 0 Å². The Hall–Kier alpha value is -2.12. The highest BCUT2D eigenvalue weighted by Crippen LogP contribution is 2.28. The molecule has 1 heterocycles. The Labute approximate surface area is 112 Å². The zero-order chi connectivity index (χ0) is 15.5. The summed E-state index contributed by atoms with van der Waals surface area (Å²) in [6.07, 6.45) is -3.08. The number of carboxylic acids is 1. The van der Waals surface area contributed by atoms with Gasteiger partial charge in [-0.3, -0.25) is 9.78 Å². The molecule has 0 aromatic carbocycles. The molecule has 0 aliphatic rings. The molecule has 1 atom stereocenters. The van der Waals surface area contributed by atoms with Crippen molar-refractivity contribution < 1.29 is 27.9 Å². The van der Waals surface area contributed by atoms with Crippen molar-refractivity contribution in [3.8, 4) is 0 Å². The summed E-state index contributed by atoms with van der Waals surface area (Å²) >= 11 is 0. The molecule has 1 rings (SSSR count). The van der Waals surface area contributed by atoms with E-state index in [1.165, 1.54) is 0 Å².